The summed E-state index contributed by atoms with van der Waals surface area (Å²) in [6.45, 7) is 0. The number of aromatic nitrogens is 3. The predicted molar refractivity (Wildman–Crippen MR) is 102 cm³/mol. The van der Waals surface area contributed by atoms with Crippen molar-refractivity contribution in [3.05, 3.63) is 71.4 Å². The van der Waals surface area contributed by atoms with E-state index in [1.54, 1.807) is 29.8 Å². The third-order valence-corrected chi connectivity index (χ3v) is 4.42. The van der Waals surface area contributed by atoms with E-state index in [2.05, 4.69) is 10.1 Å². The van der Waals surface area contributed by atoms with Crippen LogP contribution in [0.2, 0.25) is 5.02 Å². The van der Waals surface area contributed by atoms with Gasteiger partial charge in [0.25, 0.3) is 0 Å². The van der Waals surface area contributed by atoms with Crippen molar-refractivity contribution < 1.29 is 14.6 Å². The zero-order valence-corrected chi connectivity index (χ0v) is 15.0. The standard InChI is InChI=1S/C20H14ClN3O3/c1-27-18-5-3-2-4-14(18)17-10-16(20(25)26)22-19-11-15(23-24(17)19)12-6-8-13(21)9-7-12/h2-11H,1H3,(H,25,26). The first kappa shape index (κ1) is 17.1. The molecule has 4 rings (SSSR count). The Kier molecular flexibility index (Phi) is 4.25. The summed E-state index contributed by atoms with van der Waals surface area (Å²) in [5.74, 6) is -0.493. The van der Waals surface area contributed by atoms with Crippen LogP contribution in [0.4, 0.5) is 0 Å². The molecule has 6 nitrogen and oxygen atoms in total. The molecular formula is C20H14ClN3O3. The van der Waals surface area contributed by atoms with Crippen molar-refractivity contribution in [1.29, 1.82) is 0 Å². The summed E-state index contributed by atoms with van der Waals surface area (Å²) < 4.78 is 7.05. The average Bonchev–Trinajstić information content (AvgIpc) is 3.11. The van der Waals surface area contributed by atoms with Crippen LogP contribution in [0, 0.1) is 0 Å². The van der Waals surface area contributed by atoms with Gasteiger partial charge in [-0.15, -0.1) is 0 Å². The number of carboxylic acids is 1. The number of methoxy groups -OCH3 is 1. The van der Waals surface area contributed by atoms with Crippen molar-refractivity contribution >= 4 is 23.2 Å². The van der Waals surface area contributed by atoms with Crippen LogP contribution in [0.1, 0.15) is 10.5 Å². The van der Waals surface area contributed by atoms with Crippen molar-refractivity contribution in [2.24, 2.45) is 0 Å². The van der Waals surface area contributed by atoms with Gasteiger partial charge in [-0.05, 0) is 30.3 Å². The summed E-state index contributed by atoms with van der Waals surface area (Å²) in [6, 6.07) is 17.9. The van der Waals surface area contributed by atoms with E-state index < -0.39 is 5.97 Å². The van der Waals surface area contributed by atoms with E-state index in [4.69, 9.17) is 16.3 Å². The Bertz CT molecular complexity index is 1150. The molecule has 0 radical (unpaired) electrons. The molecule has 27 heavy (non-hydrogen) atoms. The van der Waals surface area contributed by atoms with E-state index in [9.17, 15) is 9.90 Å². The average molecular weight is 380 g/mol. The number of rotatable bonds is 4. The topological polar surface area (TPSA) is 76.7 Å². The van der Waals surface area contributed by atoms with Gasteiger partial charge >= 0.3 is 5.97 Å². The number of ether oxygens (including phenoxy) is 1. The Hall–Kier alpha value is -3.38. The number of halogens is 1. The van der Waals surface area contributed by atoms with Gasteiger partial charge in [0.2, 0.25) is 0 Å². The van der Waals surface area contributed by atoms with E-state index in [-0.39, 0.29) is 5.69 Å². The third kappa shape index (κ3) is 3.11. The number of benzene rings is 2. The number of hydrogen-bond acceptors (Lipinski definition) is 4. The fourth-order valence-corrected chi connectivity index (χ4v) is 3.02. The second-order valence-electron chi connectivity index (χ2n) is 5.84. The summed E-state index contributed by atoms with van der Waals surface area (Å²) in [5.41, 5.74) is 3.19. The van der Waals surface area contributed by atoms with Gasteiger partial charge in [-0.1, -0.05) is 35.9 Å². The monoisotopic (exact) mass is 379 g/mol. The first-order chi connectivity index (χ1) is 13.1. The van der Waals surface area contributed by atoms with E-state index in [0.29, 0.717) is 27.8 Å². The van der Waals surface area contributed by atoms with Crippen molar-refractivity contribution in [2.75, 3.05) is 7.11 Å². The van der Waals surface area contributed by atoms with Gasteiger partial charge in [-0.3, -0.25) is 0 Å². The summed E-state index contributed by atoms with van der Waals surface area (Å²) in [7, 11) is 1.57. The molecule has 0 aliphatic rings. The number of hydrogen-bond donors (Lipinski definition) is 1. The van der Waals surface area contributed by atoms with Crippen molar-refractivity contribution in [3.63, 3.8) is 0 Å². The van der Waals surface area contributed by atoms with Crippen LogP contribution in [-0.4, -0.2) is 32.8 Å². The molecule has 0 spiro atoms. The number of fused-ring (bicyclic) bond motifs is 1. The van der Waals surface area contributed by atoms with Gasteiger partial charge in [0, 0.05) is 22.2 Å². The SMILES string of the molecule is COc1ccccc1-c1cc(C(=O)O)nc2cc(-c3ccc(Cl)cc3)nn12. The van der Waals surface area contributed by atoms with Crippen LogP contribution in [-0.2, 0) is 0 Å². The van der Waals surface area contributed by atoms with Gasteiger partial charge in [-0.2, -0.15) is 5.10 Å². The molecule has 0 aliphatic heterocycles. The zero-order chi connectivity index (χ0) is 19.0. The van der Waals surface area contributed by atoms with Crippen molar-refractivity contribution in [3.8, 4) is 28.3 Å². The Balaban J connectivity index is 1.99. The molecule has 1 N–H and O–H groups in total. The molecule has 2 aromatic carbocycles. The van der Waals surface area contributed by atoms with Gasteiger partial charge < -0.3 is 9.84 Å². The van der Waals surface area contributed by atoms with Crippen molar-refractivity contribution in [1.82, 2.24) is 14.6 Å². The summed E-state index contributed by atoms with van der Waals surface area (Å²) in [6.07, 6.45) is 0. The fourth-order valence-electron chi connectivity index (χ4n) is 2.89. The lowest BCUT2D eigenvalue weighted by Crippen LogP contribution is -2.06. The van der Waals surface area contributed by atoms with Crippen LogP contribution in [0.5, 0.6) is 5.75 Å². The normalized spacial score (nSPS) is 10.9. The molecule has 0 bridgehead atoms. The second kappa shape index (κ2) is 6.74. The second-order valence-corrected chi connectivity index (χ2v) is 6.27. The minimum atomic E-state index is -1.11. The van der Waals surface area contributed by atoms with Crippen LogP contribution in [0.15, 0.2) is 60.7 Å². The summed E-state index contributed by atoms with van der Waals surface area (Å²) >= 11 is 5.95. The lowest BCUT2D eigenvalue weighted by atomic mass is 10.1. The highest BCUT2D eigenvalue weighted by molar-refractivity contribution is 6.30. The van der Waals surface area contributed by atoms with E-state index in [0.717, 1.165) is 11.1 Å². The van der Waals surface area contributed by atoms with E-state index in [1.807, 2.05) is 36.4 Å². The van der Waals surface area contributed by atoms with Gasteiger partial charge in [-0.25, -0.2) is 14.3 Å². The summed E-state index contributed by atoms with van der Waals surface area (Å²) in [4.78, 5) is 15.8. The lowest BCUT2D eigenvalue weighted by molar-refractivity contribution is 0.0690. The molecule has 0 fully saturated rings. The highest BCUT2D eigenvalue weighted by atomic mass is 35.5. The van der Waals surface area contributed by atoms with Crippen LogP contribution < -0.4 is 4.74 Å². The number of carboxylic acid groups (broad SMARTS) is 1. The van der Waals surface area contributed by atoms with Gasteiger partial charge in [0.1, 0.15) is 5.75 Å². The molecule has 0 saturated carbocycles. The summed E-state index contributed by atoms with van der Waals surface area (Å²) in [5, 5.41) is 14.7. The molecule has 7 heteroatoms. The van der Waals surface area contributed by atoms with Crippen LogP contribution in [0.25, 0.3) is 28.2 Å². The molecule has 4 aromatic rings. The number of carbonyl (C=O) groups is 1. The minimum Gasteiger partial charge on any atom is -0.496 e. The van der Waals surface area contributed by atoms with Gasteiger partial charge in [0.15, 0.2) is 11.3 Å². The number of nitrogens with zero attached hydrogens (tertiary/aromatic N) is 3. The first-order valence-electron chi connectivity index (χ1n) is 8.10. The molecule has 0 amide bonds. The molecule has 0 unspecified atom stereocenters. The van der Waals surface area contributed by atoms with Crippen LogP contribution in [0.3, 0.4) is 0 Å². The molecule has 0 saturated heterocycles. The predicted octanol–water partition coefficient (Wildman–Crippen LogP) is 4.42. The maximum atomic E-state index is 11.6. The third-order valence-electron chi connectivity index (χ3n) is 4.17. The molecule has 2 aromatic heterocycles. The lowest BCUT2D eigenvalue weighted by Gasteiger charge is -2.10. The Morgan fingerprint density at radius 2 is 1.85 bits per heavy atom. The van der Waals surface area contributed by atoms with Gasteiger partial charge in [0.05, 0.1) is 18.5 Å². The molecular weight excluding hydrogens is 366 g/mol. The van der Waals surface area contributed by atoms with Crippen LogP contribution >= 0.6 is 11.6 Å². The Morgan fingerprint density at radius 3 is 2.56 bits per heavy atom. The maximum absolute atomic E-state index is 11.6. The van der Waals surface area contributed by atoms with Crippen molar-refractivity contribution in [2.45, 2.75) is 0 Å². The molecule has 134 valence electrons. The highest BCUT2D eigenvalue weighted by Crippen LogP contribution is 2.31. The Labute approximate surface area is 159 Å². The van der Waals surface area contributed by atoms with E-state index >= 15 is 0 Å². The zero-order valence-electron chi connectivity index (χ0n) is 14.3. The maximum Gasteiger partial charge on any atom is 0.354 e. The number of aromatic carboxylic acids is 1. The number of para-hydroxylation sites is 1. The molecule has 0 aliphatic carbocycles. The quantitative estimate of drug-likeness (QED) is 0.567. The Morgan fingerprint density at radius 1 is 1.11 bits per heavy atom. The largest absolute Gasteiger partial charge is 0.496 e. The van der Waals surface area contributed by atoms with E-state index in [1.165, 1.54) is 6.07 Å². The smallest absolute Gasteiger partial charge is 0.354 e. The minimum absolute atomic E-state index is 0.0639. The first-order valence-corrected chi connectivity index (χ1v) is 8.48. The molecule has 2 heterocycles. The highest BCUT2D eigenvalue weighted by Gasteiger charge is 2.17. The molecule has 0 atom stereocenters. The fraction of sp³-hybridized carbons (Fsp3) is 0.0500.